The van der Waals surface area contributed by atoms with Crippen molar-refractivity contribution in [1.82, 2.24) is 14.1 Å². The molecule has 0 spiro atoms. The van der Waals surface area contributed by atoms with Crippen LogP contribution in [0.1, 0.15) is 16.7 Å². The van der Waals surface area contributed by atoms with Crippen molar-refractivity contribution in [2.75, 3.05) is 0 Å². The van der Waals surface area contributed by atoms with Gasteiger partial charge in [0, 0.05) is 17.0 Å². The second-order valence-corrected chi connectivity index (χ2v) is 8.11. The van der Waals surface area contributed by atoms with Crippen molar-refractivity contribution < 1.29 is 4.39 Å². The Bertz CT molecular complexity index is 1490. The first-order valence-electron chi connectivity index (χ1n) is 9.97. The molecule has 0 aliphatic rings. The summed E-state index contributed by atoms with van der Waals surface area (Å²) in [5, 5.41) is 1.54. The third-order valence-corrected chi connectivity index (χ3v) is 5.90. The summed E-state index contributed by atoms with van der Waals surface area (Å²) >= 11 is 6.31. The van der Waals surface area contributed by atoms with Gasteiger partial charge < -0.3 is 4.57 Å². The summed E-state index contributed by atoms with van der Waals surface area (Å²) in [5.74, 6) is -0.287. The SMILES string of the molecule is Cc1ccc2c(c1)c1ncn(Cc3ccccc3Cl)c(=O)c1n2Cc1ccc(F)cc1. The Kier molecular flexibility index (Phi) is 4.83. The van der Waals surface area contributed by atoms with E-state index in [1.54, 1.807) is 23.0 Å². The molecule has 0 unspecified atom stereocenters. The average Bonchev–Trinajstić information content (AvgIpc) is 3.06. The minimum atomic E-state index is -0.287. The van der Waals surface area contributed by atoms with Crippen LogP contribution in [-0.4, -0.2) is 14.1 Å². The van der Waals surface area contributed by atoms with Crippen molar-refractivity contribution in [1.29, 1.82) is 0 Å². The number of halogens is 2. The largest absolute Gasteiger partial charge is 0.330 e. The summed E-state index contributed by atoms with van der Waals surface area (Å²) in [7, 11) is 0. The number of fused-ring (bicyclic) bond motifs is 3. The summed E-state index contributed by atoms with van der Waals surface area (Å²) in [4.78, 5) is 18.2. The molecule has 4 nitrogen and oxygen atoms in total. The summed E-state index contributed by atoms with van der Waals surface area (Å²) in [6, 6.07) is 19.9. The molecule has 6 heteroatoms. The zero-order valence-corrected chi connectivity index (χ0v) is 17.6. The van der Waals surface area contributed by atoms with Gasteiger partial charge in [0.05, 0.1) is 18.4 Å². The first-order chi connectivity index (χ1) is 15.0. The van der Waals surface area contributed by atoms with E-state index >= 15 is 0 Å². The van der Waals surface area contributed by atoms with Crippen LogP contribution in [-0.2, 0) is 13.1 Å². The highest BCUT2D eigenvalue weighted by Gasteiger charge is 2.17. The fourth-order valence-corrected chi connectivity index (χ4v) is 4.17. The molecule has 2 aromatic heterocycles. The summed E-state index contributed by atoms with van der Waals surface area (Å²) in [5.41, 5.74) is 4.83. The fourth-order valence-electron chi connectivity index (χ4n) is 3.97. The maximum Gasteiger partial charge on any atom is 0.278 e. The molecule has 5 aromatic rings. The van der Waals surface area contributed by atoms with Crippen LogP contribution in [0.2, 0.25) is 5.02 Å². The van der Waals surface area contributed by atoms with Crippen LogP contribution in [0, 0.1) is 12.7 Å². The predicted molar refractivity (Wildman–Crippen MR) is 122 cm³/mol. The molecule has 3 aromatic carbocycles. The van der Waals surface area contributed by atoms with Gasteiger partial charge in [-0.2, -0.15) is 0 Å². The smallest absolute Gasteiger partial charge is 0.278 e. The van der Waals surface area contributed by atoms with E-state index in [9.17, 15) is 9.18 Å². The second-order valence-electron chi connectivity index (χ2n) is 7.70. The summed E-state index contributed by atoms with van der Waals surface area (Å²) in [6.45, 7) is 2.79. The zero-order chi connectivity index (χ0) is 21.5. The molecule has 31 heavy (non-hydrogen) atoms. The van der Waals surface area contributed by atoms with E-state index in [0.29, 0.717) is 29.1 Å². The van der Waals surface area contributed by atoms with Crippen molar-refractivity contribution in [2.24, 2.45) is 0 Å². The van der Waals surface area contributed by atoms with Crippen molar-refractivity contribution in [2.45, 2.75) is 20.0 Å². The van der Waals surface area contributed by atoms with Gasteiger partial charge >= 0.3 is 0 Å². The number of hydrogen-bond donors (Lipinski definition) is 0. The highest BCUT2D eigenvalue weighted by Crippen LogP contribution is 2.27. The molecular formula is C25H19ClFN3O. The van der Waals surface area contributed by atoms with Gasteiger partial charge in [-0.1, -0.05) is 53.6 Å². The monoisotopic (exact) mass is 431 g/mol. The Morgan fingerprint density at radius 3 is 2.55 bits per heavy atom. The van der Waals surface area contributed by atoms with Gasteiger partial charge in [-0.3, -0.25) is 9.36 Å². The molecule has 0 fully saturated rings. The van der Waals surface area contributed by atoms with Crippen LogP contribution in [0.4, 0.5) is 4.39 Å². The van der Waals surface area contributed by atoms with E-state index in [-0.39, 0.29) is 11.4 Å². The van der Waals surface area contributed by atoms with E-state index < -0.39 is 0 Å². The lowest BCUT2D eigenvalue weighted by molar-refractivity contribution is 0.626. The lowest BCUT2D eigenvalue weighted by Crippen LogP contribution is -2.23. The number of aromatic nitrogens is 3. The Hall–Kier alpha value is -3.44. The van der Waals surface area contributed by atoms with Gasteiger partial charge in [-0.15, -0.1) is 0 Å². The van der Waals surface area contributed by atoms with E-state index in [0.717, 1.165) is 27.6 Å². The minimum Gasteiger partial charge on any atom is -0.330 e. The number of aryl methyl sites for hydroxylation is 1. The summed E-state index contributed by atoms with van der Waals surface area (Å²) < 4.78 is 16.9. The third kappa shape index (κ3) is 3.51. The van der Waals surface area contributed by atoms with Gasteiger partial charge in [0.25, 0.3) is 5.56 Å². The molecule has 0 aliphatic heterocycles. The lowest BCUT2D eigenvalue weighted by atomic mass is 10.1. The van der Waals surface area contributed by atoms with Gasteiger partial charge in [0.1, 0.15) is 16.9 Å². The molecule has 5 rings (SSSR count). The Morgan fingerprint density at radius 1 is 1.00 bits per heavy atom. The van der Waals surface area contributed by atoms with E-state index in [2.05, 4.69) is 4.98 Å². The van der Waals surface area contributed by atoms with E-state index in [1.807, 2.05) is 54.0 Å². The van der Waals surface area contributed by atoms with Crippen molar-refractivity contribution in [3.63, 3.8) is 0 Å². The van der Waals surface area contributed by atoms with Crippen LogP contribution in [0.25, 0.3) is 21.9 Å². The molecule has 154 valence electrons. The number of nitrogens with zero attached hydrogens (tertiary/aromatic N) is 3. The standard InChI is InChI=1S/C25H19ClFN3O/c1-16-6-11-22-20(12-16)23-24(30(22)13-17-7-9-19(27)10-8-17)25(31)29(15-28-23)14-18-4-2-3-5-21(18)26/h2-12,15H,13-14H2,1H3. The second kappa shape index (κ2) is 7.67. The fraction of sp³-hybridized carbons (Fsp3) is 0.120. The van der Waals surface area contributed by atoms with Crippen LogP contribution in [0.5, 0.6) is 0 Å². The molecule has 0 saturated carbocycles. The predicted octanol–water partition coefficient (Wildman–Crippen LogP) is 5.55. The van der Waals surface area contributed by atoms with Gasteiger partial charge in [0.15, 0.2) is 0 Å². The molecule has 0 atom stereocenters. The zero-order valence-electron chi connectivity index (χ0n) is 16.8. The Labute approximate surface area is 183 Å². The Morgan fingerprint density at radius 2 is 1.77 bits per heavy atom. The van der Waals surface area contributed by atoms with Crippen molar-refractivity contribution in [3.8, 4) is 0 Å². The van der Waals surface area contributed by atoms with Crippen LogP contribution >= 0.6 is 11.6 Å². The molecule has 0 radical (unpaired) electrons. The van der Waals surface area contributed by atoms with Gasteiger partial charge in [-0.05, 0) is 48.4 Å². The number of benzene rings is 3. The minimum absolute atomic E-state index is 0.138. The first-order valence-corrected chi connectivity index (χ1v) is 10.3. The van der Waals surface area contributed by atoms with Crippen molar-refractivity contribution >= 4 is 33.5 Å². The quantitative estimate of drug-likeness (QED) is 0.374. The maximum absolute atomic E-state index is 13.6. The highest BCUT2D eigenvalue weighted by molar-refractivity contribution is 6.31. The average molecular weight is 432 g/mol. The van der Waals surface area contributed by atoms with Gasteiger partial charge in [0.2, 0.25) is 0 Å². The maximum atomic E-state index is 13.6. The molecule has 0 aliphatic carbocycles. The lowest BCUT2D eigenvalue weighted by Gasteiger charge is -2.10. The normalized spacial score (nSPS) is 11.5. The molecule has 0 bridgehead atoms. The Balaban J connectivity index is 1.73. The van der Waals surface area contributed by atoms with Crippen LogP contribution in [0.3, 0.4) is 0 Å². The number of hydrogen-bond acceptors (Lipinski definition) is 2. The van der Waals surface area contributed by atoms with Crippen molar-refractivity contribution in [3.05, 3.63) is 111 Å². The van der Waals surface area contributed by atoms with E-state index in [4.69, 9.17) is 11.6 Å². The molecule has 0 saturated heterocycles. The topological polar surface area (TPSA) is 39.8 Å². The van der Waals surface area contributed by atoms with Gasteiger partial charge in [-0.25, -0.2) is 9.37 Å². The summed E-state index contributed by atoms with van der Waals surface area (Å²) in [6.07, 6.45) is 1.58. The van der Waals surface area contributed by atoms with Crippen LogP contribution in [0.15, 0.2) is 77.9 Å². The molecule has 2 heterocycles. The third-order valence-electron chi connectivity index (χ3n) is 5.53. The first kappa shape index (κ1) is 19.5. The molecular weight excluding hydrogens is 413 g/mol. The molecule has 0 N–H and O–H groups in total. The van der Waals surface area contributed by atoms with E-state index in [1.165, 1.54) is 12.1 Å². The highest BCUT2D eigenvalue weighted by atomic mass is 35.5. The molecule has 0 amide bonds. The number of rotatable bonds is 4. The van der Waals surface area contributed by atoms with Crippen LogP contribution < -0.4 is 5.56 Å².